The van der Waals surface area contributed by atoms with Gasteiger partial charge in [-0.2, -0.15) is 0 Å². The van der Waals surface area contributed by atoms with E-state index in [-0.39, 0.29) is 16.2 Å². The summed E-state index contributed by atoms with van der Waals surface area (Å²) in [4.78, 5) is 15.7. The quantitative estimate of drug-likeness (QED) is 0.861. The van der Waals surface area contributed by atoms with Crippen LogP contribution in [0.25, 0.3) is 0 Å². The van der Waals surface area contributed by atoms with Crippen molar-refractivity contribution in [2.24, 2.45) is 0 Å². The van der Waals surface area contributed by atoms with Gasteiger partial charge in [-0.15, -0.1) is 0 Å². The number of nitrogens with one attached hydrogen (secondary N) is 1. The van der Waals surface area contributed by atoms with Crippen LogP contribution in [0.2, 0.25) is 15.3 Å². The van der Waals surface area contributed by atoms with E-state index in [0.717, 1.165) is 12.0 Å². The van der Waals surface area contributed by atoms with E-state index in [1.165, 1.54) is 12.1 Å². The summed E-state index contributed by atoms with van der Waals surface area (Å²) in [6.45, 7) is 0.512. The van der Waals surface area contributed by atoms with Gasteiger partial charge < -0.3 is 5.32 Å². The van der Waals surface area contributed by atoms with Crippen LogP contribution in [0.5, 0.6) is 0 Å². The lowest BCUT2D eigenvalue weighted by Gasteiger charge is -2.06. The number of hydrogen-bond donors (Lipinski definition) is 1. The highest BCUT2D eigenvalue weighted by Gasteiger charge is 2.08. The molecule has 0 fully saturated rings. The highest BCUT2D eigenvalue weighted by molar-refractivity contribution is 6.33. The first-order valence-electron chi connectivity index (χ1n) is 5.90. The zero-order valence-electron chi connectivity index (χ0n) is 10.4. The molecular formula is C14H11Cl3N2O. The van der Waals surface area contributed by atoms with Gasteiger partial charge >= 0.3 is 0 Å². The van der Waals surface area contributed by atoms with Crippen LogP contribution in [0, 0.1) is 0 Å². The first kappa shape index (κ1) is 15.1. The molecule has 2 rings (SSSR count). The largest absolute Gasteiger partial charge is 0.352 e. The highest BCUT2D eigenvalue weighted by atomic mass is 35.5. The summed E-state index contributed by atoms with van der Waals surface area (Å²) >= 11 is 17.3. The molecule has 2 aromatic rings. The molecule has 1 heterocycles. The van der Waals surface area contributed by atoms with Gasteiger partial charge in [0.1, 0.15) is 10.3 Å². The molecule has 0 aliphatic heterocycles. The van der Waals surface area contributed by atoms with Crippen molar-refractivity contribution in [3.63, 3.8) is 0 Å². The lowest BCUT2D eigenvalue weighted by Crippen LogP contribution is -2.25. The van der Waals surface area contributed by atoms with E-state index in [9.17, 15) is 4.79 Å². The number of nitrogens with zero attached hydrogens (tertiary/aromatic N) is 1. The zero-order valence-corrected chi connectivity index (χ0v) is 12.6. The predicted molar refractivity (Wildman–Crippen MR) is 81.7 cm³/mol. The zero-order chi connectivity index (χ0) is 14.5. The van der Waals surface area contributed by atoms with Crippen molar-refractivity contribution in [1.82, 2.24) is 10.3 Å². The molecule has 0 unspecified atom stereocenters. The van der Waals surface area contributed by atoms with Crippen molar-refractivity contribution >= 4 is 40.7 Å². The molecule has 0 spiro atoms. The number of benzene rings is 1. The Hall–Kier alpha value is -1.29. The van der Waals surface area contributed by atoms with Gasteiger partial charge in [0.25, 0.3) is 5.91 Å². The van der Waals surface area contributed by atoms with Gasteiger partial charge in [-0.3, -0.25) is 4.79 Å². The van der Waals surface area contributed by atoms with E-state index in [1.54, 1.807) is 0 Å². The molecule has 3 nitrogen and oxygen atoms in total. The van der Waals surface area contributed by atoms with Crippen molar-refractivity contribution in [2.45, 2.75) is 6.42 Å². The number of hydrogen-bond acceptors (Lipinski definition) is 2. The minimum Gasteiger partial charge on any atom is -0.352 e. The minimum atomic E-state index is -0.231. The smallest absolute Gasteiger partial charge is 0.251 e. The molecule has 1 aromatic carbocycles. The number of halogens is 3. The molecule has 0 aliphatic rings. The second-order valence-electron chi connectivity index (χ2n) is 4.13. The Morgan fingerprint density at radius 3 is 2.25 bits per heavy atom. The Morgan fingerprint density at radius 2 is 1.65 bits per heavy atom. The van der Waals surface area contributed by atoms with Crippen LogP contribution in [0.15, 0.2) is 36.4 Å². The lowest BCUT2D eigenvalue weighted by molar-refractivity contribution is 0.0954. The molecule has 20 heavy (non-hydrogen) atoms. The second-order valence-corrected chi connectivity index (χ2v) is 5.34. The molecule has 1 aromatic heterocycles. The van der Waals surface area contributed by atoms with Crippen molar-refractivity contribution in [3.8, 4) is 0 Å². The monoisotopic (exact) mass is 328 g/mol. The van der Waals surface area contributed by atoms with Crippen LogP contribution in [0.3, 0.4) is 0 Å². The minimum absolute atomic E-state index is 0.195. The van der Waals surface area contributed by atoms with Crippen molar-refractivity contribution in [2.75, 3.05) is 6.54 Å². The Morgan fingerprint density at radius 1 is 1.05 bits per heavy atom. The number of rotatable bonds is 4. The number of aromatic nitrogens is 1. The fourth-order valence-electron chi connectivity index (χ4n) is 1.67. The van der Waals surface area contributed by atoms with Crippen LogP contribution in [-0.2, 0) is 6.42 Å². The third kappa shape index (κ3) is 4.37. The van der Waals surface area contributed by atoms with Crippen LogP contribution in [0.1, 0.15) is 15.9 Å². The lowest BCUT2D eigenvalue weighted by atomic mass is 10.1. The third-order valence-electron chi connectivity index (χ3n) is 2.64. The summed E-state index contributed by atoms with van der Waals surface area (Å²) in [7, 11) is 0. The van der Waals surface area contributed by atoms with Crippen molar-refractivity contribution < 1.29 is 4.79 Å². The molecule has 6 heteroatoms. The second kappa shape index (κ2) is 6.93. The predicted octanol–water partition coefficient (Wildman–Crippen LogP) is 4.01. The number of carbonyl (C=O) groups is 1. The maximum atomic E-state index is 11.9. The number of carbonyl (C=O) groups excluding carboxylic acids is 1. The fourth-order valence-corrected chi connectivity index (χ4v) is 2.26. The fraction of sp³-hybridized carbons (Fsp3) is 0.143. The summed E-state index contributed by atoms with van der Waals surface area (Å²) in [5.41, 5.74) is 1.49. The molecule has 1 N–H and O–H groups in total. The number of amides is 1. The van der Waals surface area contributed by atoms with Gasteiger partial charge in [-0.25, -0.2) is 4.98 Å². The van der Waals surface area contributed by atoms with Crippen LogP contribution in [0.4, 0.5) is 0 Å². The van der Waals surface area contributed by atoms with Gasteiger partial charge in [0.05, 0.1) is 0 Å². The Kier molecular flexibility index (Phi) is 5.24. The average molecular weight is 330 g/mol. The van der Waals surface area contributed by atoms with Crippen molar-refractivity contribution in [1.29, 1.82) is 0 Å². The summed E-state index contributed by atoms with van der Waals surface area (Å²) in [6.07, 6.45) is 0.718. The SMILES string of the molecule is O=C(NCCc1ccc(Cl)cc1)c1cc(Cl)nc(Cl)c1. The van der Waals surface area contributed by atoms with Crippen LogP contribution >= 0.6 is 34.8 Å². The molecule has 0 bridgehead atoms. The summed E-state index contributed by atoms with van der Waals surface area (Å²) < 4.78 is 0. The Bertz CT molecular complexity index is 594. The molecule has 0 aliphatic carbocycles. The molecule has 0 saturated heterocycles. The summed E-state index contributed by atoms with van der Waals surface area (Å²) in [5.74, 6) is -0.231. The number of pyridine rings is 1. The Labute approximate surface area is 131 Å². The van der Waals surface area contributed by atoms with Crippen LogP contribution < -0.4 is 5.32 Å². The van der Waals surface area contributed by atoms with Gasteiger partial charge in [0.2, 0.25) is 0 Å². The Balaban J connectivity index is 1.90. The molecule has 0 radical (unpaired) electrons. The summed E-state index contributed by atoms with van der Waals surface area (Å²) in [6, 6.07) is 10.4. The van der Waals surface area contributed by atoms with E-state index in [2.05, 4.69) is 10.3 Å². The highest BCUT2D eigenvalue weighted by Crippen LogP contribution is 2.14. The van der Waals surface area contributed by atoms with E-state index in [0.29, 0.717) is 17.1 Å². The van der Waals surface area contributed by atoms with E-state index >= 15 is 0 Å². The molecule has 0 atom stereocenters. The van der Waals surface area contributed by atoms with Crippen molar-refractivity contribution in [3.05, 3.63) is 62.9 Å². The van der Waals surface area contributed by atoms with Gasteiger partial charge in [0.15, 0.2) is 0 Å². The normalized spacial score (nSPS) is 10.3. The molecule has 1 amide bonds. The molecule has 0 saturated carbocycles. The maximum Gasteiger partial charge on any atom is 0.251 e. The van der Waals surface area contributed by atoms with Gasteiger partial charge in [-0.05, 0) is 36.2 Å². The molecule has 104 valence electrons. The standard InChI is InChI=1S/C14H11Cl3N2O/c15-11-3-1-9(2-4-11)5-6-18-14(20)10-7-12(16)19-13(17)8-10/h1-4,7-8H,5-6H2,(H,18,20). The maximum absolute atomic E-state index is 11.9. The topological polar surface area (TPSA) is 42.0 Å². The van der Waals surface area contributed by atoms with E-state index in [1.807, 2.05) is 24.3 Å². The van der Waals surface area contributed by atoms with Gasteiger partial charge in [-0.1, -0.05) is 46.9 Å². The summed E-state index contributed by atoms with van der Waals surface area (Å²) in [5, 5.41) is 3.88. The van der Waals surface area contributed by atoms with Gasteiger partial charge in [0, 0.05) is 17.1 Å². The van der Waals surface area contributed by atoms with Crippen LogP contribution in [-0.4, -0.2) is 17.4 Å². The molecular weight excluding hydrogens is 319 g/mol. The van der Waals surface area contributed by atoms with E-state index in [4.69, 9.17) is 34.8 Å². The van der Waals surface area contributed by atoms with E-state index < -0.39 is 0 Å². The average Bonchev–Trinajstić information content (AvgIpc) is 2.40. The third-order valence-corrected chi connectivity index (χ3v) is 3.28. The first-order valence-corrected chi connectivity index (χ1v) is 7.04. The first-order chi connectivity index (χ1) is 9.54.